The average molecular weight is 440 g/mol. The van der Waals surface area contributed by atoms with E-state index in [4.69, 9.17) is 9.47 Å². The van der Waals surface area contributed by atoms with Gasteiger partial charge in [-0.3, -0.25) is 4.79 Å². The number of rotatable bonds is 8. The quantitative estimate of drug-likeness (QED) is 0.306. The number of carbonyl (C=O) groups is 1. The molecule has 1 heterocycles. The Morgan fingerprint density at radius 2 is 1.73 bits per heavy atom. The van der Waals surface area contributed by atoms with Crippen molar-refractivity contribution in [2.45, 2.75) is 13.5 Å². The number of hydrogen-bond acceptors (Lipinski definition) is 4. The summed E-state index contributed by atoms with van der Waals surface area (Å²) in [6.45, 7) is 2.50. The number of carbonyl (C=O) groups excluding carboxylic acids is 1. The van der Waals surface area contributed by atoms with Crippen LogP contribution in [0.3, 0.4) is 0 Å². The summed E-state index contributed by atoms with van der Waals surface area (Å²) in [6, 6.07) is 24.9. The van der Waals surface area contributed by atoms with Crippen molar-refractivity contribution in [3.63, 3.8) is 0 Å². The van der Waals surface area contributed by atoms with Crippen molar-refractivity contribution in [3.05, 3.63) is 114 Å². The van der Waals surface area contributed by atoms with E-state index >= 15 is 0 Å². The Balaban J connectivity index is 1.41. The molecule has 0 aliphatic rings. The maximum atomic E-state index is 12.7. The van der Waals surface area contributed by atoms with Gasteiger partial charge < -0.3 is 14.0 Å². The smallest absolute Gasteiger partial charge is 0.273 e. The Morgan fingerprint density at radius 1 is 0.970 bits per heavy atom. The van der Waals surface area contributed by atoms with Crippen molar-refractivity contribution in [2.24, 2.45) is 5.10 Å². The highest BCUT2D eigenvalue weighted by atomic mass is 16.5. The molecule has 0 unspecified atom stereocenters. The summed E-state index contributed by atoms with van der Waals surface area (Å²) < 4.78 is 13.3. The van der Waals surface area contributed by atoms with E-state index in [-0.39, 0.29) is 5.91 Å². The molecule has 0 atom stereocenters. The van der Waals surface area contributed by atoms with Crippen molar-refractivity contribution >= 4 is 12.1 Å². The van der Waals surface area contributed by atoms with Crippen LogP contribution >= 0.6 is 0 Å². The number of aryl methyl sites for hydroxylation is 1. The minimum Gasteiger partial charge on any atom is -0.493 e. The molecular weight excluding hydrogens is 414 g/mol. The summed E-state index contributed by atoms with van der Waals surface area (Å²) in [5.41, 5.74) is 6.97. The summed E-state index contributed by atoms with van der Waals surface area (Å²) >= 11 is 0. The van der Waals surface area contributed by atoms with E-state index in [1.165, 1.54) is 5.56 Å². The average Bonchev–Trinajstić information content (AvgIpc) is 3.39. The first-order valence-electron chi connectivity index (χ1n) is 10.6. The lowest BCUT2D eigenvalue weighted by Crippen LogP contribution is -2.19. The van der Waals surface area contributed by atoms with Gasteiger partial charge in [-0.05, 0) is 60.5 Å². The van der Waals surface area contributed by atoms with Crippen LogP contribution in [0.5, 0.6) is 11.5 Å². The van der Waals surface area contributed by atoms with Gasteiger partial charge in [-0.2, -0.15) is 5.10 Å². The molecule has 4 aromatic rings. The molecule has 1 aromatic heterocycles. The topological polar surface area (TPSA) is 64.8 Å². The zero-order valence-corrected chi connectivity index (χ0v) is 18.6. The lowest BCUT2D eigenvalue weighted by atomic mass is 10.1. The molecule has 4 rings (SSSR count). The maximum absolute atomic E-state index is 12.7. The second-order valence-corrected chi connectivity index (χ2v) is 7.49. The van der Waals surface area contributed by atoms with Gasteiger partial charge in [0, 0.05) is 12.4 Å². The molecule has 0 fully saturated rings. The number of hydrazone groups is 1. The molecule has 33 heavy (non-hydrogen) atoms. The molecule has 6 heteroatoms. The van der Waals surface area contributed by atoms with Gasteiger partial charge in [0.25, 0.3) is 5.91 Å². The Kier molecular flexibility index (Phi) is 6.85. The van der Waals surface area contributed by atoms with Gasteiger partial charge in [0.1, 0.15) is 6.61 Å². The first-order valence-corrected chi connectivity index (χ1v) is 10.6. The van der Waals surface area contributed by atoms with Crippen LogP contribution in [0.1, 0.15) is 27.0 Å². The standard InChI is InChI=1S/C27H25N3O3/c1-20-9-11-21(12-10-20)19-33-25-14-13-22(17-26(25)32-2)18-28-29-27(31)23-7-3-4-8-24(23)30-15-5-6-16-30/h3-18H,19H2,1-2H3,(H,29,31)/b28-18+. The third-order valence-corrected chi connectivity index (χ3v) is 5.11. The van der Waals surface area contributed by atoms with Crippen molar-refractivity contribution in [3.8, 4) is 17.2 Å². The SMILES string of the molecule is COc1cc(/C=N/NC(=O)c2ccccc2-n2cccc2)ccc1OCc1ccc(C)cc1. The van der Waals surface area contributed by atoms with Gasteiger partial charge in [0.2, 0.25) is 0 Å². The lowest BCUT2D eigenvalue weighted by molar-refractivity contribution is 0.0955. The number of methoxy groups -OCH3 is 1. The molecule has 0 aliphatic heterocycles. The van der Waals surface area contributed by atoms with E-state index < -0.39 is 0 Å². The third kappa shape index (κ3) is 5.49. The Labute approximate surface area is 193 Å². The molecule has 0 saturated heterocycles. The highest BCUT2D eigenvalue weighted by Gasteiger charge is 2.11. The zero-order chi connectivity index (χ0) is 23.0. The number of ether oxygens (including phenoxy) is 2. The van der Waals surface area contributed by atoms with Crippen LogP contribution in [-0.4, -0.2) is 23.8 Å². The van der Waals surface area contributed by atoms with Gasteiger partial charge in [0.05, 0.1) is 24.6 Å². The fourth-order valence-corrected chi connectivity index (χ4v) is 3.34. The third-order valence-electron chi connectivity index (χ3n) is 5.11. The van der Waals surface area contributed by atoms with Crippen LogP contribution in [0, 0.1) is 6.92 Å². The Hall–Kier alpha value is -4.32. The molecule has 0 spiro atoms. The number of nitrogens with one attached hydrogen (secondary N) is 1. The van der Waals surface area contributed by atoms with Crippen LogP contribution in [0.4, 0.5) is 0 Å². The van der Waals surface area contributed by atoms with Crippen molar-refractivity contribution in [1.29, 1.82) is 0 Å². The first-order chi connectivity index (χ1) is 16.1. The molecule has 0 bridgehead atoms. The van der Waals surface area contributed by atoms with E-state index in [1.54, 1.807) is 19.4 Å². The van der Waals surface area contributed by atoms with Gasteiger partial charge in [0.15, 0.2) is 11.5 Å². The van der Waals surface area contributed by atoms with Gasteiger partial charge in [-0.1, -0.05) is 42.0 Å². The first kappa shape index (κ1) is 21.9. The highest BCUT2D eigenvalue weighted by Crippen LogP contribution is 2.28. The molecule has 1 N–H and O–H groups in total. The summed E-state index contributed by atoms with van der Waals surface area (Å²) in [4.78, 5) is 12.7. The van der Waals surface area contributed by atoms with Crippen LogP contribution in [0.2, 0.25) is 0 Å². The summed E-state index contributed by atoms with van der Waals surface area (Å²) in [6.07, 6.45) is 5.36. The molecule has 0 saturated carbocycles. The van der Waals surface area contributed by atoms with Crippen LogP contribution in [0.25, 0.3) is 5.69 Å². The van der Waals surface area contributed by atoms with Gasteiger partial charge in [-0.25, -0.2) is 5.43 Å². The second-order valence-electron chi connectivity index (χ2n) is 7.49. The summed E-state index contributed by atoms with van der Waals surface area (Å²) in [5.74, 6) is 0.941. The van der Waals surface area contributed by atoms with Crippen molar-refractivity contribution in [1.82, 2.24) is 9.99 Å². The van der Waals surface area contributed by atoms with Crippen molar-refractivity contribution < 1.29 is 14.3 Å². The summed E-state index contributed by atoms with van der Waals surface area (Å²) in [7, 11) is 1.59. The molecule has 6 nitrogen and oxygen atoms in total. The predicted molar refractivity (Wildman–Crippen MR) is 129 cm³/mol. The number of aromatic nitrogens is 1. The van der Waals surface area contributed by atoms with Gasteiger partial charge in [-0.15, -0.1) is 0 Å². The van der Waals surface area contributed by atoms with E-state index in [0.717, 1.165) is 16.8 Å². The van der Waals surface area contributed by atoms with E-state index in [2.05, 4.69) is 29.6 Å². The maximum Gasteiger partial charge on any atom is 0.273 e. The normalized spacial score (nSPS) is 10.8. The van der Waals surface area contributed by atoms with E-state index in [9.17, 15) is 4.79 Å². The van der Waals surface area contributed by atoms with Crippen LogP contribution in [-0.2, 0) is 6.61 Å². The Bertz CT molecular complexity index is 1250. The van der Waals surface area contributed by atoms with Crippen molar-refractivity contribution in [2.75, 3.05) is 7.11 Å². The lowest BCUT2D eigenvalue weighted by Gasteiger charge is -2.11. The molecule has 3 aromatic carbocycles. The molecule has 0 aliphatic carbocycles. The molecule has 0 radical (unpaired) electrons. The highest BCUT2D eigenvalue weighted by molar-refractivity contribution is 5.98. The fourth-order valence-electron chi connectivity index (χ4n) is 3.34. The van der Waals surface area contributed by atoms with Crippen LogP contribution in [0.15, 0.2) is 96.4 Å². The van der Waals surface area contributed by atoms with Gasteiger partial charge >= 0.3 is 0 Å². The number of para-hydroxylation sites is 1. The Morgan fingerprint density at radius 3 is 2.48 bits per heavy atom. The molecular formula is C27H25N3O3. The minimum absolute atomic E-state index is 0.291. The molecule has 1 amide bonds. The predicted octanol–water partition coefficient (Wildman–Crippen LogP) is 5.14. The number of nitrogens with zero attached hydrogens (tertiary/aromatic N) is 2. The van der Waals surface area contributed by atoms with E-state index in [0.29, 0.717) is 23.7 Å². The monoisotopic (exact) mass is 439 g/mol. The zero-order valence-electron chi connectivity index (χ0n) is 18.6. The second kappa shape index (κ2) is 10.3. The summed E-state index contributed by atoms with van der Waals surface area (Å²) in [5, 5.41) is 4.12. The minimum atomic E-state index is -0.291. The largest absolute Gasteiger partial charge is 0.493 e. The van der Waals surface area contributed by atoms with Crippen LogP contribution < -0.4 is 14.9 Å². The fraction of sp³-hybridized carbons (Fsp3) is 0.111. The number of amides is 1. The number of benzene rings is 3. The molecule has 166 valence electrons. The number of hydrogen-bond donors (Lipinski definition) is 1. The van der Waals surface area contributed by atoms with E-state index in [1.807, 2.05) is 77.6 Å².